The molecule has 154 valence electrons. The van der Waals surface area contributed by atoms with Crippen LogP contribution >= 0.6 is 0 Å². The molecule has 0 N–H and O–H groups in total. The van der Waals surface area contributed by atoms with Crippen LogP contribution in [0, 0.1) is 22.7 Å². The summed E-state index contributed by atoms with van der Waals surface area (Å²) in [5.41, 5.74) is 1.97. The molecule has 2 unspecified atom stereocenters. The minimum atomic E-state index is -1.14. The molecule has 0 radical (unpaired) electrons. The summed E-state index contributed by atoms with van der Waals surface area (Å²) in [7, 11) is 0. The van der Waals surface area contributed by atoms with E-state index in [1.807, 2.05) is 31.3 Å². The van der Waals surface area contributed by atoms with E-state index in [-0.39, 0.29) is 5.92 Å². The zero-order valence-electron chi connectivity index (χ0n) is 18.1. The van der Waals surface area contributed by atoms with E-state index in [9.17, 15) is 10.1 Å². The molecule has 1 aromatic carbocycles. The first-order chi connectivity index (χ1) is 13.9. The molecule has 0 spiro atoms. The topological polar surface area (TPSA) is 63.0 Å². The average Bonchev–Trinajstić information content (AvgIpc) is 2.74. The number of pyridine rings is 1. The average molecular weight is 393 g/mol. The molecular weight excluding hydrogens is 360 g/mol. The third-order valence-corrected chi connectivity index (χ3v) is 5.41. The summed E-state index contributed by atoms with van der Waals surface area (Å²) in [5, 5.41) is 9.50. The van der Waals surface area contributed by atoms with Gasteiger partial charge in [-0.3, -0.25) is 4.98 Å². The number of nitriles is 1. The summed E-state index contributed by atoms with van der Waals surface area (Å²) in [6.45, 7) is 7.95. The zero-order valence-corrected chi connectivity index (χ0v) is 18.1. The molecule has 1 heterocycles. The summed E-state index contributed by atoms with van der Waals surface area (Å²) >= 11 is 0. The maximum absolute atomic E-state index is 12.6. The Morgan fingerprint density at radius 2 is 1.90 bits per heavy atom. The summed E-state index contributed by atoms with van der Waals surface area (Å²) in [5.74, 6) is 0.230. The number of esters is 1. The number of hydrogen-bond acceptors (Lipinski definition) is 4. The predicted molar refractivity (Wildman–Crippen MR) is 116 cm³/mol. The monoisotopic (exact) mass is 392 g/mol. The van der Waals surface area contributed by atoms with Crippen LogP contribution in [0.1, 0.15) is 65.4 Å². The van der Waals surface area contributed by atoms with E-state index in [1.54, 1.807) is 19.1 Å². The molecule has 0 fully saturated rings. The number of aromatic nitrogens is 1. The number of nitrogens with zero attached hydrogens (tertiary/aromatic N) is 2. The lowest BCUT2D eigenvalue weighted by Gasteiger charge is -2.22. The van der Waals surface area contributed by atoms with Gasteiger partial charge in [-0.15, -0.1) is 0 Å². The molecule has 0 amide bonds. The van der Waals surface area contributed by atoms with Crippen LogP contribution < -0.4 is 4.74 Å². The number of benzene rings is 1. The standard InChI is InChI=1S/C25H32N2O2/c1-5-7-8-9-20-10-15-23(27-17-20)21-11-13-22(14-12-21)29-24(28)25(4,18-26)16-19(3)6-2/h10-15,17,19H,5-9,16H2,1-4H3. The predicted octanol–water partition coefficient (Wildman–Crippen LogP) is 6.35. The van der Waals surface area contributed by atoms with Gasteiger partial charge in [0.25, 0.3) is 0 Å². The normalized spacial score (nSPS) is 13.9. The molecule has 0 aliphatic heterocycles. The van der Waals surface area contributed by atoms with E-state index in [4.69, 9.17) is 4.74 Å². The van der Waals surface area contributed by atoms with E-state index in [2.05, 4.69) is 31.0 Å². The van der Waals surface area contributed by atoms with E-state index < -0.39 is 11.4 Å². The molecule has 0 bridgehead atoms. The third-order valence-electron chi connectivity index (χ3n) is 5.41. The Labute approximate surface area is 174 Å². The van der Waals surface area contributed by atoms with Gasteiger partial charge in [0.05, 0.1) is 11.8 Å². The van der Waals surface area contributed by atoms with Gasteiger partial charge in [-0.1, -0.05) is 46.1 Å². The van der Waals surface area contributed by atoms with Crippen LogP contribution in [-0.4, -0.2) is 11.0 Å². The van der Waals surface area contributed by atoms with Crippen molar-refractivity contribution in [3.05, 3.63) is 48.2 Å². The summed E-state index contributed by atoms with van der Waals surface area (Å²) in [4.78, 5) is 17.1. The van der Waals surface area contributed by atoms with Crippen LogP contribution in [0.3, 0.4) is 0 Å². The van der Waals surface area contributed by atoms with Crippen molar-refractivity contribution in [1.82, 2.24) is 4.98 Å². The molecule has 0 saturated heterocycles. The Kier molecular flexibility index (Phi) is 8.39. The summed E-state index contributed by atoms with van der Waals surface area (Å²) < 4.78 is 5.50. The summed E-state index contributed by atoms with van der Waals surface area (Å²) in [6.07, 6.45) is 8.06. The molecule has 0 aliphatic carbocycles. The fraction of sp³-hybridized carbons (Fsp3) is 0.480. The molecule has 2 aromatic rings. The lowest BCUT2D eigenvalue weighted by Crippen LogP contribution is -2.32. The second-order valence-corrected chi connectivity index (χ2v) is 8.08. The Morgan fingerprint density at radius 3 is 2.45 bits per heavy atom. The Morgan fingerprint density at radius 1 is 1.17 bits per heavy atom. The first kappa shape index (κ1) is 22.6. The maximum Gasteiger partial charge on any atom is 0.331 e. The van der Waals surface area contributed by atoms with Gasteiger partial charge in [-0.2, -0.15) is 5.26 Å². The van der Waals surface area contributed by atoms with Gasteiger partial charge >= 0.3 is 5.97 Å². The fourth-order valence-corrected chi connectivity index (χ4v) is 3.25. The van der Waals surface area contributed by atoms with Crippen LogP contribution in [0.2, 0.25) is 0 Å². The smallest absolute Gasteiger partial charge is 0.331 e. The van der Waals surface area contributed by atoms with Crippen molar-refractivity contribution in [2.75, 3.05) is 0 Å². The maximum atomic E-state index is 12.6. The highest BCUT2D eigenvalue weighted by Crippen LogP contribution is 2.30. The lowest BCUT2D eigenvalue weighted by atomic mass is 9.82. The third kappa shape index (κ3) is 6.42. The molecule has 1 aromatic heterocycles. The minimum Gasteiger partial charge on any atom is -0.425 e. The van der Waals surface area contributed by atoms with Gasteiger partial charge < -0.3 is 4.74 Å². The minimum absolute atomic E-state index is 0.283. The molecule has 29 heavy (non-hydrogen) atoms. The van der Waals surface area contributed by atoms with Crippen molar-refractivity contribution >= 4 is 5.97 Å². The fourth-order valence-electron chi connectivity index (χ4n) is 3.25. The Hall–Kier alpha value is -2.67. The van der Waals surface area contributed by atoms with E-state index >= 15 is 0 Å². The molecule has 0 aliphatic rings. The first-order valence-electron chi connectivity index (χ1n) is 10.6. The van der Waals surface area contributed by atoms with E-state index in [1.165, 1.54) is 24.8 Å². The number of unbranched alkanes of at least 4 members (excludes halogenated alkanes) is 2. The number of rotatable bonds is 10. The highest BCUT2D eigenvalue weighted by Gasteiger charge is 2.36. The number of hydrogen-bond donors (Lipinski definition) is 0. The number of ether oxygens (including phenoxy) is 1. The largest absolute Gasteiger partial charge is 0.425 e. The van der Waals surface area contributed by atoms with Gasteiger partial charge in [0.15, 0.2) is 5.41 Å². The van der Waals surface area contributed by atoms with Gasteiger partial charge in [-0.05, 0) is 68.0 Å². The van der Waals surface area contributed by atoms with Crippen molar-refractivity contribution < 1.29 is 9.53 Å². The quantitative estimate of drug-likeness (QED) is 0.268. The Balaban J connectivity index is 2.02. The number of aryl methyl sites for hydroxylation is 1. The van der Waals surface area contributed by atoms with Gasteiger partial charge in [0.1, 0.15) is 5.75 Å². The van der Waals surface area contributed by atoms with Crippen molar-refractivity contribution in [2.45, 2.75) is 66.2 Å². The number of carbonyl (C=O) groups is 1. The molecule has 4 heteroatoms. The summed E-state index contributed by atoms with van der Waals surface area (Å²) in [6, 6.07) is 13.6. The van der Waals surface area contributed by atoms with Gasteiger partial charge in [-0.25, -0.2) is 4.79 Å². The van der Waals surface area contributed by atoms with Crippen molar-refractivity contribution in [3.63, 3.8) is 0 Å². The number of carbonyl (C=O) groups excluding carboxylic acids is 1. The first-order valence-corrected chi connectivity index (χ1v) is 10.6. The Bertz CT molecular complexity index is 821. The van der Waals surface area contributed by atoms with Crippen LogP contribution in [-0.2, 0) is 11.2 Å². The van der Waals surface area contributed by atoms with Crippen molar-refractivity contribution in [3.8, 4) is 23.1 Å². The molecule has 4 nitrogen and oxygen atoms in total. The second-order valence-electron chi connectivity index (χ2n) is 8.08. The molecule has 0 saturated carbocycles. The highest BCUT2D eigenvalue weighted by molar-refractivity contribution is 5.81. The second kappa shape index (κ2) is 10.8. The van der Waals surface area contributed by atoms with E-state index in [0.29, 0.717) is 12.2 Å². The van der Waals surface area contributed by atoms with Gasteiger partial charge in [0.2, 0.25) is 0 Å². The molecular formula is C25H32N2O2. The van der Waals surface area contributed by atoms with Crippen LogP contribution in [0.15, 0.2) is 42.6 Å². The van der Waals surface area contributed by atoms with Crippen molar-refractivity contribution in [1.29, 1.82) is 5.26 Å². The van der Waals surface area contributed by atoms with E-state index in [0.717, 1.165) is 24.1 Å². The molecule has 2 atom stereocenters. The zero-order chi connectivity index (χ0) is 21.3. The van der Waals surface area contributed by atoms with Crippen LogP contribution in [0.25, 0.3) is 11.3 Å². The van der Waals surface area contributed by atoms with Crippen molar-refractivity contribution in [2.24, 2.45) is 11.3 Å². The van der Waals surface area contributed by atoms with Gasteiger partial charge in [0, 0.05) is 11.8 Å². The lowest BCUT2D eigenvalue weighted by molar-refractivity contribution is -0.142. The van der Waals surface area contributed by atoms with Crippen LogP contribution in [0.4, 0.5) is 0 Å². The molecule has 2 rings (SSSR count). The highest BCUT2D eigenvalue weighted by atomic mass is 16.5. The SMILES string of the molecule is CCCCCc1ccc(-c2ccc(OC(=O)C(C)(C#N)CC(C)CC)cc2)nc1. The van der Waals surface area contributed by atoms with Crippen LogP contribution in [0.5, 0.6) is 5.75 Å².